The molecule has 180 valence electrons. The third-order valence-corrected chi connectivity index (χ3v) is 6.27. The summed E-state index contributed by atoms with van der Waals surface area (Å²) in [5, 5.41) is 11.5. The van der Waals surface area contributed by atoms with Crippen LogP contribution >= 0.6 is 0 Å². The molecule has 1 unspecified atom stereocenters. The van der Waals surface area contributed by atoms with Crippen LogP contribution in [0.3, 0.4) is 0 Å². The van der Waals surface area contributed by atoms with Gasteiger partial charge in [-0.2, -0.15) is 0 Å². The summed E-state index contributed by atoms with van der Waals surface area (Å²) in [6.07, 6.45) is 0. The van der Waals surface area contributed by atoms with Crippen molar-refractivity contribution in [2.24, 2.45) is 0 Å². The van der Waals surface area contributed by atoms with Crippen molar-refractivity contribution in [2.75, 3.05) is 19.1 Å². The minimum Gasteiger partial charge on any atom is -0.507 e. The molecular weight excluding hydrogens is 442 g/mol. The lowest BCUT2D eigenvalue weighted by Gasteiger charge is -2.27. The number of ether oxygens (including phenoxy) is 2. The number of ketones is 1. The van der Waals surface area contributed by atoms with Crippen LogP contribution in [0.2, 0.25) is 0 Å². The number of para-hydroxylation sites is 2. The molecule has 1 heterocycles. The highest BCUT2D eigenvalue weighted by Crippen LogP contribution is 2.45. The van der Waals surface area contributed by atoms with E-state index in [9.17, 15) is 14.7 Å². The van der Waals surface area contributed by atoms with Crippen LogP contribution in [0.15, 0.2) is 72.3 Å². The normalized spacial score (nSPS) is 17.2. The van der Waals surface area contributed by atoms with Gasteiger partial charge in [-0.3, -0.25) is 14.5 Å². The summed E-state index contributed by atoms with van der Waals surface area (Å²) >= 11 is 0. The maximum atomic E-state index is 13.4. The standard InChI is InChI=1S/C29H29NO5/c1-17(2)21-16-20(13-14-23(21)34-4)27(31)25-26(19-10-8-9-18(3)15-19)30(29(33)28(25)32)22-11-6-7-12-24(22)35-5/h6-17,26,31H,1-5H3/b27-25-. The van der Waals surface area contributed by atoms with Crippen LogP contribution in [0.5, 0.6) is 11.5 Å². The van der Waals surface area contributed by atoms with E-state index in [0.717, 1.165) is 11.1 Å². The molecule has 1 aliphatic heterocycles. The Morgan fingerprint density at radius 2 is 1.63 bits per heavy atom. The summed E-state index contributed by atoms with van der Waals surface area (Å²) in [7, 11) is 3.11. The molecule has 3 aromatic rings. The van der Waals surface area contributed by atoms with Gasteiger partial charge in [0.1, 0.15) is 17.3 Å². The van der Waals surface area contributed by atoms with Crippen molar-refractivity contribution < 1.29 is 24.2 Å². The third kappa shape index (κ3) is 4.28. The first-order valence-corrected chi connectivity index (χ1v) is 11.5. The Labute approximate surface area is 205 Å². The van der Waals surface area contributed by atoms with E-state index in [-0.39, 0.29) is 17.3 Å². The summed E-state index contributed by atoms with van der Waals surface area (Å²) in [5.74, 6) is -0.417. The van der Waals surface area contributed by atoms with Gasteiger partial charge in [-0.25, -0.2) is 0 Å². The molecule has 0 saturated carbocycles. The van der Waals surface area contributed by atoms with Gasteiger partial charge in [-0.05, 0) is 54.3 Å². The van der Waals surface area contributed by atoms with Crippen molar-refractivity contribution in [3.05, 3.63) is 94.6 Å². The van der Waals surface area contributed by atoms with Crippen molar-refractivity contribution in [3.8, 4) is 11.5 Å². The Morgan fingerprint density at radius 1 is 0.914 bits per heavy atom. The Balaban J connectivity index is 1.98. The van der Waals surface area contributed by atoms with E-state index in [4.69, 9.17) is 9.47 Å². The molecule has 3 aromatic carbocycles. The monoisotopic (exact) mass is 471 g/mol. The molecule has 0 radical (unpaired) electrons. The summed E-state index contributed by atoms with van der Waals surface area (Å²) in [5.41, 5.74) is 3.52. The van der Waals surface area contributed by atoms with Crippen LogP contribution in [-0.4, -0.2) is 31.0 Å². The molecule has 1 N–H and O–H groups in total. The highest BCUT2D eigenvalue weighted by molar-refractivity contribution is 6.52. The molecule has 35 heavy (non-hydrogen) atoms. The predicted octanol–water partition coefficient (Wildman–Crippen LogP) is 5.76. The number of hydrogen-bond acceptors (Lipinski definition) is 5. The molecule has 1 atom stereocenters. The second-order valence-corrected chi connectivity index (χ2v) is 8.87. The summed E-state index contributed by atoms with van der Waals surface area (Å²) in [6.45, 7) is 5.99. The van der Waals surface area contributed by atoms with Gasteiger partial charge in [0.05, 0.1) is 31.5 Å². The number of methoxy groups -OCH3 is 2. The zero-order valence-electron chi connectivity index (χ0n) is 20.5. The van der Waals surface area contributed by atoms with Gasteiger partial charge >= 0.3 is 0 Å². The minimum atomic E-state index is -0.823. The zero-order valence-corrected chi connectivity index (χ0v) is 20.5. The van der Waals surface area contributed by atoms with Crippen LogP contribution in [0.25, 0.3) is 5.76 Å². The Hall–Kier alpha value is -4.06. The minimum absolute atomic E-state index is 0.0337. The van der Waals surface area contributed by atoms with E-state index in [1.165, 1.54) is 12.0 Å². The first-order chi connectivity index (χ1) is 16.8. The number of hydrogen-bond donors (Lipinski definition) is 1. The number of aliphatic hydroxyl groups excluding tert-OH is 1. The van der Waals surface area contributed by atoms with Gasteiger partial charge < -0.3 is 14.6 Å². The number of carbonyl (C=O) groups excluding carboxylic acids is 2. The molecule has 4 rings (SSSR count). The molecule has 6 heteroatoms. The molecule has 1 saturated heterocycles. The number of Topliss-reactive ketones (excluding diaryl/α,β-unsaturated/α-hetero) is 1. The van der Waals surface area contributed by atoms with Gasteiger partial charge in [0.2, 0.25) is 0 Å². The second-order valence-electron chi connectivity index (χ2n) is 8.87. The first-order valence-electron chi connectivity index (χ1n) is 11.5. The van der Waals surface area contributed by atoms with E-state index < -0.39 is 17.7 Å². The van der Waals surface area contributed by atoms with Crippen LogP contribution in [0.4, 0.5) is 5.69 Å². The molecule has 0 bridgehead atoms. The lowest BCUT2D eigenvalue weighted by molar-refractivity contribution is -0.132. The molecule has 0 spiro atoms. The van der Waals surface area contributed by atoms with Crippen molar-refractivity contribution in [2.45, 2.75) is 32.7 Å². The van der Waals surface area contributed by atoms with Gasteiger partial charge in [0.25, 0.3) is 11.7 Å². The number of nitrogens with zero attached hydrogens (tertiary/aromatic N) is 1. The van der Waals surface area contributed by atoms with Crippen molar-refractivity contribution >= 4 is 23.1 Å². The van der Waals surface area contributed by atoms with E-state index in [2.05, 4.69) is 0 Å². The Bertz CT molecular complexity index is 1320. The van der Waals surface area contributed by atoms with Crippen LogP contribution in [0, 0.1) is 6.92 Å². The largest absolute Gasteiger partial charge is 0.507 e. The molecule has 1 aliphatic rings. The number of aryl methyl sites for hydroxylation is 1. The lowest BCUT2D eigenvalue weighted by atomic mass is 9.92. The molecule has 6 nitrogen and oxygen atoms in total. The fourth-order valence-electron chi connectivity index (χ4n) is 4.55. The van der Waals surface area contributed by atoms with E-state index in [1.807, 2.05) is 51.1 Å². The molecule has 1 fully saturated rings. The highest BCUT2D eigenvalue weighted by Gasteiger charge is 2.47. The van der Waals surface area contributed by atoms with E-state index in [0.29, 0.717) is 28.3 Å². The second kappa shape index (κ2) is 9.66. The van der Waals surface area contributed by atoms with E-state index in [1.54, 1.807) is 43.5 Å². The number of carbonyl (C=O) groups is 2. The zero-order chi connectivity index (χ0) is 25.3. The average molecular weight is 472 g/mol. The van der Waals surface area contributed by atoms with Crippen molar-refractivity contribution in [3.63, 3.8) is 0 Å². The summed E-state index contributed by atoms with van der Waals surface area (Å²) in [6, 6.07) is 19.1. The maximum Gasteiger partial charge on any atom is 0.300 e. The van der Waals surface area contributed by atoms with Crippen LogP contribution < -0.4 is 14.4 Å². The number of rotatable bonds is 6. The van der Waals surface area contributed by atoms with E-state index >= 15 is 0 Å². The summed E-state index contributed by atoms with van der Waals surface area (Å²) < 4.78 is 11.0. The molecule has 1 amide bonds. The number of amides is 1. The van der Waals surface area contributed by atoms with Gasteiger partial charge in [0.15, 0.2) is 0 Å². The molecule has 0 aliphatic carbocycles. The fourth-order valence-corrected chi connectivity index (χ4v) is 4.55. The highest BCUT2D eigenvalue weighted by atomic mass is 16.5. The average Bonchev–Trinajstić information content (AvgIpc) is 3.13. The quantitative estimate of drug-likeness (QED) is 0.281. The maximum absolute atomic E-state index is 13.4. The van der Waals surface area contributed by atoms with Crippen molar-refractivity contribution in [1.29, 1.82) is 0 Å². The number of aliphatic hydroxyl groups is 1. The molecular formula is C29H29NO5. The van der Waals surface area contributed by atoms with Gasteiger partial charge in [0, 0.05) is 5.56 Å². The lowest BCUT2D eigenvalue weighted by Crippen LogP contribution is -2.29. The predicted molar refractivity (Wildman–Crippen MR) is 136 cm³/mol. The van der Waals surface area contributed by atoms with Gasteiger partial charge in [-0.15, -0.1) is 0 Å². The van der Waals surface area contributed by atoms with Crippen LogP contribution in [-0.2, 0) is 9.59 Å². The SMILES string of the molecule is COc1ccc(/C(O)=C2/C(=O)C(=O)N(c3ccccc3OC)C2c2cccc(C)c2)cc1C(C)C. The third-order valence-electron chi connectivity index (χ3n) is 6.27. The summed E-state index contributed by atoms with van der Waals surface area (Å²) in [4.78, 5) is 28.3. The number of benzene rings is 3. The van der Waals surface area contributed by atoms with Gasteiger partial charge in [-0.1, -0.05) is 55.8 Å². The van der Waals surface area contributed by atoms with Crippen molar-refractivity contribution in [1.82, 2.24) is 0 Å². The van der Waals surface area contributed by atoms with Crippen LogP contribution in [0.1, 0.15) is 48.1 Å². The smallest absolute Gasteiger partial charge is 0.300 e. The Kier molecular flexibility index (Phi) is 6.65. The fraction of sp³-hybridized carbons (Fsp3) is 0.241. The molecule has 0 aromatic heterocycles. The first kappa shape index (κ1) is 24.1. The number of anilines is 1. The Morgan fingerprint density at radius 3 is 2.29 bits per heavy atom. The topological polar surface area (TPSA) is 76.1 Å².